The molecule has 0 spiro atoms. The minimum absolute atomic E-state index is 0.0803. The van der Waals surface area contributed by atoms with E-state index in [4.69, 9.17) is 16.7 Å². The molecule has 2 amide bonds. The van der Waals surface area contributed by atoms with Gasteiger partial charge in [0.15, 0.2) is 0 Å². The zero-order chi connectivity index (χ0) is 14.7. The molecule has 0 saturated heterocycles. The molecule has 20 heavy (non-hydrogen) atoms. The van der Waals surface area contributed by atoms with Crippen molar-refractivity contribution in [1.29, 1.82) is 0 Å². The Kier molecular flexibility index (Phi) is 4.49. The fourth-order valence-electron chi connectivity index (χ4n) is 2.18. The topological polar surface area (TPSA) is 78.4 Å². The minimum Gasteiger partial charge on any atom is -0.478 e. The normalized spacial score (nSPS) is 16.1. The van der Waals surface area contributed by atoms with Crippen LogP contribution in [0.4, 0.5) is 10.5 Å². The van der Waals surface area contributed by atoms with Crippen LogP contribution >= 0.6 is 11.6 Å². The van der Waals surface area contributed by atoms with E-state index < -0.39 is 5.97 Å². The number of urea groups is 1. The standard InChI is InChI=1S/C14H17ClN2O3/c1-8(9-3-2-4-9)16-14(20)17-12-7-10(13(18)19)5-6-11(12)15/h5-9H,2-4H2,1H3,(H,18,19)(H2,16,17,20). The third-order valence-corrected chi connectivity index (χ3v) is 4.01. The molecule has 108 valence electrons. The molecule has 1 unspecified atom stereocenters. The van der Waals surface area contributed by atoms with Gasteiger partial charge in [-0.15, -0.1) is 0 Å². The highest BCUT2D eigenvalue weighted by Crippen LogP contribution is 2.29. The van der Waals surface area contributed by atoms with E-state index in [1.807, 2.05) is 6.92 Å². The third kappa shape index (κ3) is 3.42. The minimum atomic E-state index is -1.06. The van der Waals surface area contributed by atoms with Gasteiger partial charge in [0.25, 0.3) is 0 Å². The number of carbonyl (C=O) groups excluding carboxylic acids is 1. The maximum atomic E-state index is 11.9. The average molecular weight is 297 g/mol. The molecule has 1 saturated carbocycles. The Balaban J connectivity index is 1.99. The van der Waals surface area contributed by atoms with Crippen LogP contribution in [0.25, 0.3) is 0 Å². The maximum Gasteiger partial charge on any atom is 0.335 e. The number of rotatable bonds is 4. The summed E-state index contributed by atoms with van der Waals surface area (Å²) in [5.74, 6) is -0.533. The van der Waals surface area contributed by atoms with Gasteiger partial charge in [-0.1, -0.05) is 18.0 Å². The summed E-state index contributed by atoms with van der Waals surface area (Å²) < 4.78 is 0. The number of aromatic carboxylic acids is 1. The van der Waals surface area contributed by atoms with Crippen LogP contribution in [0.1, 0.15) is 36.5 Å². The van der Waals surface area contributed by atoms with E-state index >= 15 is 0 Å². The average Bonchev–Trinajstić information content (AvgIpc) is 2.28. The Hall–Kier alpha value is -1.75. The number of nitrogens with one attached hydrogen (secondary N) is 2. The van der Waals surface area contributed by atoms with Crippen molar-refractivity contribution >= 4 is 29.3 Å². The van der Waals surface area contributed by atoms with Gasteiger partial charge in [0, 0.05) is 6.04 Å². The number of hydrogen-bond donors (Lipinski definition) is 3. The molecule has 2 rings (SSSR count). The molecular formula is C14H17ClN2O3. The second-order valence-corrected chi connectivity index (χ2v) is 5.49. The van der Waals surface area contributed by atoms with Gasteiger partial charge in [0.05, 0.1) is 16.3 Å². The van der Waals surface area contributed by atoms with Crippen LogP contribution in [-0.2, 0) is 0 Å². The quantitative estimate of drug-likeness (QED) is 0.797. The summed E-state index contributed by atoms with van der Waals surface area (Å²) in [4.78, 5) is 22.8. The number of anilines is 1. The van der Waals surface area contributed by atoms with Crippen molar-refractivity contribution < 1.29 is 14.7 Å². The van der Waals surface area contributed by atoms with Crippen molar-refractivity contribution in [3.8, 4) is 0 Å². The Bertz CT molecular complexity index is 529. The number of amides is 2. The van der Waals surface area contributed by atoms with Crippen molar-refractivity contribution in [1.82, 2.24) is 5.32 Å². The van der Waals surface area contributed by atoms with Crippen LogP contribution in [0.3, 0.4) is 0 Å². The highest BCUT2D eigenvalue weighted by atomic mass is 35.5. The van der Waals surface area contributed by atoms with Crippen molar-refractivity contribution in [2.45, 2.75) is 32.2 Å². The Labute approximate surface area is 122 Å². The van der Waals surface area contributed by atoms with Crippen molar-refractivity contribution in [2.75, 3.05) is 5.32 Å². The predicted octanol–water partition coefficient (Wildman–Crippen LogP) is 3.35. The SMILES string of the molecule is CC(NC(=O)Nc1cc(C(=O)O)ccc1Cl)C1CCC1. The number of benzene rings is 1. The molecule has 0 aliphatic heterocycles. The van der Waals surface area contributed by atoms with Crippen LogP contribution in [0.2, 0.25) is 5.02 Å². The van der Waals surface area contributed by atoms with E-state index in [2.05, 4.69) is 10.6 Å². The van der Waals surface area contributed by atoms with Gasteiger partial charge in [0.1, 0.15) is 0 Å². The van der Waals surface area contributed by atoms with E-state index in [1.54, 1.807) is 0 Å². The molecule has 1 aliphatic carbocycles. The molecule has 5 nitrogen and oxygen atoms in total. The number of carboxylic acid groups (broad SMARTS) is 1. The van der Waals surface area contributed by atoms with Crippen LogP contribution in [0, 0.1) is 5.92 Å². The molecule has 1 aromatic carbocycles. The lowest BCUT2D eigenvalue weighted by molar-refractivity contribution is 0.0697. The summed E-state index contributed by atoms with van der Waals surface area (Å²) in [5, 5.41) is 14.7. The molecular weight excluding hydrogens is 280 g/mol. The van der Waals surface area contributed by atoms with E-state index in [9.17, 15) is 9.59 Å². The molecule has 0 bridgehead atoms. The lowest BCUT2D eigenvalue weighted by Crippen LogP contribution is -2.42. The molecule has 6 heteroatoms. The molecule has 0 aromatic heterocycles. The summed E-state index contributed by atoms with van der Waals surface area (Å²) in [7, 11) is 0. The van der Waals surface area contributed by atoms with Crippen molar-refractivity contribution in [3.05, 3.63) is 28.8 Å². The first kappa shape index (κ1) is 14.7. The molecule has 0 radical (unpaired) electrons. The number of halogens is 1. The number of carboxylic acids is 1. The second-order valence-electron chi connectivity index (χ2n) is 5.08. The highest BCUT2D eigenvalue weighted by molar-refractivity contribution is 6.33. The Morgan fingerprint density at radius 3 is 2.65 bits per heavy atom. The first-order valence-electron chi connectivity index (χ1n) is 6.57. The van der Waals surface area contributed by atoms with Crippen LogP contribution < -0.4 is 10.6 Å². The van der Waals surface area contributed by atoms with Gasteiger partial charge in [-0.05, 0) is 43.9 Å². The van der Waals surface area contributed by atoms with Gasteiger partial charge in [-0.3, -0.25) is 0 Å². The number of hydrogen-bond acceptors (Lipinski definition) is 2. The molecule has 1 atom stereocenters. The largest absolute Gasteiger partial charge is 0.478 e. The molecule has 1 aliphatic rings. The van der Waals surface area contributed by atoms with Gasteiger partial charge in [-0.2, -0.15) is 0 Å². The summed E-state index contributed by atoms with van der Waals surface area (Å²) in [6.45, 7) is 1.97. The molecule has 1 aromatic rings. The fraction of sp³-hybridized carbons (Fsp3) is 0.429. The van der Waals surface area contributed by atoms with Gasteiger partial charge >= 0.3 is 12.0 Å². The van der Waals surface area contributed by atoms with Crippen molar-refractivity contribution in [3.63, 3.8) is 0 Å². The highest BCUT2D eigenvalue weighted by Gasteiger charge is 2.25. The van der Waals surface area contributed by atoms with Crippen LogP contribution in [0.5, 0.6) is 0 Å². The van der Waals surface area contributed by atoms with Crippen molar-refractivity contribution in [2.24, 2.45) is 5.92 Å². The number of carbonyl (C=O) groups is 2. The third-order valence-electron chi connectivity index (χ3n) is 3.68. The molecule has 0 heterocycles. The summed E-state index contributed by atoms with van der Waals surface area (Å²) >= 11 is 5.95. The fourth-order valence-corrected chi connectivity index (χ4v) is 2.34. The van der Waals surface area contributed by atoms with Gasteiger partial charge in [0.2, 0.25) is 0 Å². The van der Waals surface area contributed by atoms with Crippen LogP contribution in [0.15, 0.2) is 18.2 Å². The predicted molar refractivity (Wildman–Crippen MR) is 77.4 cm³/mol. The zero-order valence-corrected chi connectivity index (χ0v) is 11.9. The van der Waals surface area contributed by atoms with Gasteiger partial charge in [-0.25, -0.2) is 9.59 Å². The lowest BCUT2D eigenvalue weighted by Gasteiger charge is -2.31. The van der Waals surface area contributed by atoms with Crippen LogP contribution in [-0.4, -0.2) is 23.1 Å². The monoisotopic (exact) mass is 296 g/mol. The van der Waals surface area contributed by atoms with E-state index in [-0.39, 0.29) is 17.6 Å². The summed E-state index contributed by atoms with van der Waals surface area (Å²) in [5.41, 5.74) is 0.376. The summed E-state index contributed by atoms with van der Waals surface area (Å²) in [6.07, 6.45) is 3.48. The maximum absolute atomic E-state index is 11.9. The Morgan fingerprint density at radius 2 is 2.10 bits per heavy atom. The first-order chi connectivity index (χ1) is 9.47. The first-order valence-corrected chi connectivity index (χ1v) is 6.95. The molecule has 1 fully saturated rings. The summed E-state index contributed by atoms with van der Waals surface area (Å²) in [6, 6.07) is 3.93. The van der Waals surface area contributed by atoms with E-state index in [1.165, 1.54) is 24.6 Å². The molecule has 3 N–H and O–H groups in total. The zero-order valence-electron chi connectivity index (χ0n) is 11.1. The lowest BCUT2D eigenvalue weighted by atomic mass is 9.80. The van der Waals surface area contributed by atoms with E-state index in [0.717, 1.165) is 12.8 Å². The van der Waals surface area contributed by atoms with E-state index in [0.29, 0.717) is 16.6 Å². The Morgan fingerprint density at radius 1 is 1.40 bits per heavy atom. The smallest absolute Gasteiger partial charge is 0.335 e. The second kappa shape index (κ2) is 6.13. The van der Waals surface area contributed by atoms with Gasteiger partial charge < -0.3 is 15.7 Å².